The van der Waals surface area contributed by atoms with Crippen LogP contribution in [-0.4, -0.2) is 38.7 Å². The number of hydrogen-bond acceptors (Lipinski definition) is 6. The van der Waals surface area contributed by atoms with Crippen LogP contribution in [-0.2, 0) is 6.42 Å². The summed E-state index contributed by atoms with van der Waals surface area (Å²) in [5, 5.41) is 48.1. The van der Waals surface area contributed by atoms with Crippen LogP contribution >= 0.6 is 0 Å². The third-order valence-corrected chi connectivity index (χ3v) is 4.32. The van der Waals surface area contributed by atoms with E-state index in [4.69, 9.17) is 9.84 Å². The fraction of sp³-hybridized carbons (Fsp3) is 0.333. The van der Waals surface area contributed by atoms with E-state index in [-0.39, 0.29) is 30.5 Å². The first-order chi connectivity index (χ1) is 11.5. The van der Waals surface area contributed by atoms with Gasteiger partial charge in [0.15, 0.2) is 23.0 Å². The molecule has 0 amide bonds. The van der Waals surface area contributed by atoms with Gasteiger partial charge in [0, 0.05) is 12.2 Å². The van der Waals surface area contributed by atoms with Crippen LogP contribution in [0.5, 0.6) is 23.0 Å². The average molecular weight is 332 g/mol. The molecule has 0 aliphatic carbocycles. The Hall–Kier alpha value is -2.44. The maximum Gasteiger partial charge on any atom is 0.165 e. The van der Waals surface area contributed by atoms with E-state index in [1.165, 1.54) is 12.1 Å². The molecule has 0 saturated carbocycles. The standard InChI is InChI=1S/C18H20O6/c19-5-1-2-10-6-12-13(9-20)17(24-18(12)16(23)7-10)11-3-4-14(21)15(22)8-11/h3-4,6-8,13,17,19-23H,1-2,5,9H2. The van der Waals surface area contributed by atoms with E-state index in [1.807, 2.05) is 6.07 Å². The van der Waals surface area contributed by atoms with Gasteiger partial charge in [0.25, 0.3) is 0 Å². The van der Waals surface area contributed by atoms with Crippen molar-refractivity contribution < 1.29 is 30.3 Å². The third kappa shape index (κ3) is 2.86. The Morgan fingerprint density at radius 1 is 0.917 bits per heavy atom. The molecule has 24 heavy (non-hydrogen) atoms. The first-order valence-electron chi connectivity index (χ1n) is 7.81. The monoisotopic (exact) mass is 332 g/mol. The van der Waals surface area contributed by atoms with Crippen molar-refractivity contribution in [2.45, 2.75) is 24.9 Å². The highest BCUT2D eigenvalue weighted by Crippen LogP contribution is 2.51. The second-order valence-electron chi connectivity index (χ2n) is 5.94. The lowest BCUT2D eigenvalue weighted by Crippen LogP contribution is -2.13. The Kier molecular flexibility index (Phi) is 4.51. The number of aliphatic hydroxyl groups excluding tert-OH is 2. The average Bonchev–Trinajstić information content (AvgIpc) is 2.94. The molecule has 128 valence electrons. The Labute approximate surface area is 139 Å². The van der Waals surface area contributed by atoms with Gasteiger partial charge in [-0.25, -0.2) is 0 Å². The number of aromatic hydroxyl groups is 3. The summed E-state index contributed by atoms with van der Waals surface area (Å²) in [6.07, 6.45) is 0.619. The molecule has 2 unspecified atom stereocenters. The molecule has 2 atom stereocenters. The number of phenols is 3. The summed E-state index contributed by atoms with van der Waals surface area (Å²) >= 11 is 0. The molecule has 0 radical (unpaired) electrons. The van der Waals surface area contributed by atoms with Crippen LogP contribution in [0.15, 0.2) is 30.3 Å². The molecule has 3 rings (SSSR count). The van der Waals surface area contributed by atoms with Crippen LogP contribution in [0.4, 0.5) is 0 Å². The van der Waals surface area contributed by atoms with Crippen LogP contribution in [0.2, 0.25) is 0 Å². The van der Waals surface area contributed by atoms with Crippen molar-refractivity contribution in [3.63, 3.8) is 0 Å². The Balaban J connectivity index is 1.97. The number of aliphatic hydroxyl groups is 2. The predicted molar refractivity (Wildman–Crippen MR) is 86.5 cm³/mol. The predicted octanol–water partition coefficient (Wildman–Crippen LogP) is 1.94. The van der Waals surface area contributed by atoms with Crippen molar-refractivity contribution in [3.8, 4) is 23.0 Å². The molecule has 0 saturated heterocycles. The Morgan fingerprint density at radius 2 is 1.71 bits per heavy atom. The van der Waals surface area contributed by atoms with Gasteiger partial charge in [-0.15, -0.1) is 0 Å². The summed E-state index contributed by atoms with van der Waals surface area (Å²) in [6.45, 7) is -0.130. The van der Waals surface area contributed by atoms with Crippen molar-refractivity contribution >= 4 is 0 Å². The second-order valence-corrected chi connectivity index (χ2v) is 5.94. The molecule has 1 heterocycles. The Morgan fingerprint density at radius 3 is 2.38 bits per heavy atom. The van der Waals surface area contributed by atoms with Crippen molar-refractivity contribution in [2.24, 2.45) is 0 Å². The van der Waals surface area contributed by atoms with Gasteiger partial charge in [0.1, 0.15) is 6.10 Å². The van der Waals surface area contributed by atoms with E-state index >= 15 is 0 Å². The first-order valence-corrected chi connectivity index (χ1v) is 7.81. The van der Waals surface area contributed by atoms with Gasteiger partial charge in [-0.2, -0.15) is 0 Å². The number of aryl methyl sites for hydroxylation is 1. The van der Waals surface area contributed by atoms with Gasteiger partial charge in [0.2, 0.25) is 0 Å². The quantitative estimate of drug-likeness (QED) is 0.535. The normalized spacial score (nSPS) is 19.1. The van der Waals surface area contributed by atoms with Gasteiger partial charge in [-0.3, -0.25) is 0 Å². The zero-order valence-electron chi connectivity index (χ0n) is 13.0. The van der Waals surface area contributed by atoms with Crippen LogP contribution in [0.3, 0.4) is 0 Å². The Bertz CT molecular complexity index is 743. The fourth-order valence-corrected chi connectivity index (χ4v) is 3.11. The smallest absolute Gasteiger partial charge is 0.165 e. The number of benzene rings is 2. The summed E-state index contributed by atoms with van der Waals surface area (Å²) in [4.78, 5) is 0. The molecule has 1 aliphatic rings. The second kappa shape index (κ2) is 6.59. The molecule has 0 spiro atoms. The van der Waals surface area contributed by atoms with Crippen molar-refractivity contribution in [2.75, 3.05) is 13.2 Å². The van der Waals surface area contributed by atoms with Gasteiger partial charge < -0.3 is 30.3 Å². The zero-order valence-corrected chi connectivity index (χ0v) is 13.0. The van der Waals surface area contributed by atoms with E-state index in [0.717, 1.165) is 5.56 Å². The van der Waals surface area contributed by atoms with Gasteiger partial charge in [-0.05, 0) is 42.2 Å². The largest absolute Gasteiger partial charge is 0.504 e. The molecule has 6 nitrogen and oxygen atoms in total. The van der Waals surface area contributed by atoms with Crippen molar-refractivity contribution in [1.29, 1.82) is 0 Å². The summed E-state index contributed by atoms with van der Waals surface area (Å²) < 4.78 is 5.83. The van der Waals surface area contributed by atoms with Crippen LogP contribution in [0, 0.1) is 0 Å². The number of phenolic OH excluding ortho intramolecular Hbond substituents is 3. The minimum atomic E-state index is -0.574. The molecule has 0 aromatic heterocycles. The minimum absolute atomic E-state index is 0.00982. The lowest BCUT2D eigenvalue weighted by Gasteiger charge is -2.18. The van der Waals surface area contributed by atoms with Crippen LogP contribution in [0.1, 0.15) is 35.1 Å². The van der Waals surface area contributed by atoms with Gasteiger partial charge in [-0.1, -0.05) is 12.1 Å². The molecule has 1 aliphatic heterocycles. The van der Waals surface area contributed by atoms with E-state index in [2.05, 4.69) is 0 Å². The topological polar surface area (TPSA) is 110 Å². The van der Waals surface area contributed by atoms with E-state index < -0.39 is 12.0 Å². The van der Waals surface area contributed by atoms with E-state index in [1.54, 1.807) is 12.1 Å². The highest BCUT2D eigenvalue weighted by atomic mass is 16.5. The van der Waals surface area contributed by atoms with E-state index in [9.17, 15) is 20.4 Å². The zero-order chi connectivity index (χ0) is 17.3. The minimum Gasteiger partial charge on any atom is -0.504 e. The van der Waals surface area contributed by atoms with Crippen LogP contribution < -0.4 is 4.74 Å². The summed E-state index contributed by atoms with van der Waals surface area (Å²) in [5.74, 6) is -0.590. The molecule has 6 heteroatoms. The van der Waals surface area contributed by atoms with Gasteiger partial charge >= 0.3 is 0 Å². The SMILES string of the molecule is OCCCc1cc(O)c2c(c1)C(CO)C(c1ccc(O)c(O)c1)O2. The maximum absolute atomic E-state index is 10.2. The number of fused-ring (bicyclic) bond motifs is 1. The number of hydrogen-bond donors (Lipinski definition) is 5. The molecule has 2 aromatic carbocycles. The lowest BCUT2D eigenvalue weighted by molar-refractivity contribution is 0.157. The van der Waals surface area contributed by atoms with Crippen LogP contribution in [0.25, 0.3) is 0 Å². The molecule has 2 aromatic rings. The third-order valence-electron chi connectivity index (χ3n) is 4.32. The molecule has 5 N–H and O–H groups in total. The van der Waals surface area contributed by atoms with E-state index in [0.29, 0.717) is 29.7 Å². The molecule has 0 fully saturated rings. The maximum atomic E-state index is 10.2. The highest BCUT2D eigenvalue weighted by molar-refractivity contribution is 5.55. The first kappa shape index (κ1) is 16.4. The molecule has 0 bridgehead atoms. The summed E-state index contributed by atoms with van der Waals surface area (Å²) in [7, 11) is 0. The van der Waals surface area contributed by atoms with Crippen molar-refractivity contribution in [1.82, 2.24) is 0 Å². The lowest BCUT2D eigenvalue weighted by atomic mass is 9.90. The molecular formula is C18H20O6. The summed E-state index contributed by atoms with van der Waals surface area (Å²) in [6, 6.07) is 7.82. The molecular weight excluding hydrogens is 312 g/mol. The number of rotatable bonds is 5. The van der Waals surface area contributed by atoms with Crippen molar-refractivity contribution in [3.05, 3.63) is 47.0 Å². The summed E-state index contributed by atoms with van der Waals surface area (Å²) in [5.41, 5.74) is 2.15. The number of ether oxygens (including phenoxy) is 1. The fourth-order valence-electron chi connectivity index (χ4n) is 3.11. The highest BCUT2D eigenvalue weighted by Gasteiger charge is 2.37. The van der Waals surface area contributed by atoms with Gasteiger partial charge in [0.05, 0.1) is 12.5 Å².